The Kier molecular flexibility index (Phi) is 4.89. The van der Waals surface area contributed by atoms with E-state index in [2.05, 4.69) is 0 Å². The van der Waals surface area contributed by atoms with Crippen molar-refractivity contribution in [2.75, 3.05) is 6.61 Å². The molecule has 0 heterocycles. The molecule has 14 heavy (non-hydrogen) atoms. The Morgan fingerprint density at radius 1 is 1.00 bits per heavy atom. The quantitative estimate of drug-likeness (QED) is 0.231. The van der Waals surface area contributed by atoms with Gasteiger partial charge in [0.2, 0.25) is 0 Å². The normalized spacial score (nSPS) is 21.4. The molecule has 7 heteroatoms. The largest absolute Gasteiger partial charge is 0.394 e. The number of hydrogen-bond acceptors (Lipinski definition) is 7. The average molecular weight is 212 g/mol. The Bertz CT molecular complexity index is 166. The van der Waals surface area contributed by atoms with E-state index in [0.29, 0.717) is 0 Å². The van der Waals surface area contributed by atoms with Gasteiger partial charge in [-0.3, -0.25) is 0 Å². The molecular weight excluding hydrogens is 196 g/mol. The fraction of sp³-hybridized carbons (Fsp3) is 1.00. The maximum Gasteiger partial charge on any atom is 0.189 e. The molecule has 0 aromatic rings. The van der Waals surface area contributed by atoms with Crippen LogP contribution in [0.3, 0.4) is 0 Å². The summed E-state index contributed by atoms with van der Waals surface area (Å²) in [6, 6.07) is 0. The number of aliphatic hydroxyl groups excluding tert-OH is 5. The SMILES string of the molecule is CC(O)(O)C(O)C(O)C(O)C(O)CO. The van der Waals surface area contributed by atoms with Crippen LogP contribution in [0, 0.1) is 0 Å². The van der Waals surface area contributed by atoms with Crippen molar-refractivity contribution in [2.24, 2.45) is 0 Å². The molecule has 0 aliphatic rings. The molecule has 0 saturated heterocycles. The summed E-state index contributed by atoms with van der Waals surface area (Å²) in [4.78, 5) is 0. The molecule has 0 aliphatic heterocycles. The highest BCUT2D eigenvalue weighted by Gasteiger charge is 2.39. The lowest BCUT2D eigenvalue weighted by atomic mass is 9.98. The Hall–Kier alpha value is -0.280. The second kappa shape index (κ2) is 4.99. The van der Waals surface area contributed by atoms with Crippen LogP contribution in [0.5, 0.6) is 0 Å². The summed E-state index contributed by atoms with van der Waals surface area (Å²) in [6.07, 6.45) is -7.56. The molecule has 0 radical (unpaired) electrons. The minimum absolute atomic E-state index is 0.804. The summed E-state index contributed by atoms with van der Waals surface area (Å²) in [5, 5.41) is 62.3. The first-order chi connectivity index (χ1) is 6.21. The molecule has 86 valence electrons. The number of rotatable bonds is 5. The number of hydrogen-bond donors (Lipinski definition) is 7. The van der Waals surface area contributed by atoms with Crippen molar-refractivity contribution in [3.8, 4) is 0 Å². The van der Waals surface area contributed by atoms with Crippen LogP contribution in [0.15, 0.2) is 0 Å². The van der Waals surface area contributed by atoms with Gasteiger partial charge in [-0.25, -0.2) is 0 Å². The van der Waals surface area contributed by atoms with Gasteiger partial charge in [-0.15, -0.1) is 0 Å². The molecule has 7 nitrogen and oxygen atoms in total. The minimum atomic E-state index is -2.60. The van der Waals surface area contributed by atoms with E-state index >= 15 is 0 Å². The van der Waals surface area contributed by atoms with E-state index in [1.807, 2.05) is 0 Å². The Morgan fingerprint density at radius 3 is 1.71 bits per heavy atom. The first kappa shape index (κ1) is 13.7. The van der Waals surface area contributed by atoms with Crippen molar-refractivity contribution in [3.63, 3.8) is 0 Å². The highest BCUT2D eigenvalue weighted by Crippen LogP contribution is 2.14. The highest BCUT2D eigenvalue weighted by atomic mass is 16.5. The lowest BCUT2D eigenvalue weighted by Crippen LogP contribution is -2.54. The molecule has 7 N–H and O–H groups in total. The van der Waals surface area contributed by atoms with Gasteiger partial charge < -0.3 is 35.7 Å². The lowest BCUT2D eigenvalue weighted by molar-refractivity contribution is -0.251. The van der Waals surface area contributed by atoms with Crippen molar-refractivity contribution in [1.82, 2.24) is 0 Å². The van der Waals surface area contributed by atoms with E-state index in [1.165, 1.54) is 0 Å². The van der Waals surface area contributed by atoms with Crippen molar-refractivity contribution in [3.05, 3.63) is 0 Å². The maximum absolute atomic E-state index is 9.13. The summed E-state index contributed by atoms with van der Waals surface area (Å²) in [7, 11) is 0. The van der Waals surface area contributed by atoms with Gasteiger partial charge in [0.05, 0.1) is 6.61 Å². The van der Waals surface area contributed by atoms with Gasteiger partial charge in [0.1, 0.15) is 24.4 Å². The zero-order chi connectivity index (χ0) is 11.5. The van der Waals surface area contributed by atoms with Crippen LogP contribution in [-0.4, -0.2) is 72.6 Å². The van der Waals surface area contributed by atoms with E-state index in [-0.39, 0.29) is 0 Å². The van der Waals surface area contributed by atoms with Gasteiger partial charge in [0.25, 0.3) is 0 Å². The Labute approximate surface area is 80.5 Å². The lowest BCUT2D eigenvalue weighted by Gasteiger charge is -2.31. The Morgan fingerprint density at radius 2 is 1.43 bits per heavy atom. The monoisotopic (exact) mass is 212 g/mol. The maximum atomic E-state index is 9.13. The molecule has 4 atom stereocenters. The van der Waals surface area contributed by atoms with Gasteiger partial charge in [0, 0.05) is 0 Å². The topological polar surface area (TPSA) is 142 Å². The van der Waals surface area contributed by atoms with Crippen LogP contribution < -0.4 is 0 Å². The van der Waals surface area contributed by atoms with Crippen molar-refractivity contribution in [1.29, 1.82) is 0 Å². The fourth-order valence-electron chi connectivity index (χ4n) is 0.846. The minimum Gasteiger partial charge on any atom is -0.394 e. The molecule has 4 unspecified atom stereocenters. The Balaban J connectivity index is 4.38. The second-order valence-corrected chi connectivity index (χ2v) is 3.27. The summed E-state index contributed by atoms with van der Waals surface area (Å²) in [5.41, 5.74) is 0. The standard InChI is InChI=1S/C7H16O7/c1-7(13,14)6(12)5(11)4(10)3(9)2-8/h3-6,8-14H,2H2,1H3. The van der Waals surface area contributed by atoms with E-state index < -0.39 is 36.8 Å². The first-order valence-electron chi connectivity index (χ1n) is 3.99. The van der Waals surface area contributed by atoms with E-state index in [4.69, 9.17) is 35.7 Å². The molecule has 0 amide bonds. The predicted octanol–water partition coefficient (Wildman–Crippen LogP) is -3.88. The third kappa shape index (κ3) is 3.46. The zero-order valence-corrected chi connectivity index (χ0v) is 7.65. The third-order valence-electron chi connectivity index (χ3n) is 1.81. The van der Waals surface area contributed by atoms with Crippen LogP contribution >= 0.6 is 0 Å². The highest BCUT2D eigenvalue weighted by molar-refractivity contribution is 4.85. The van der Waals surface area contributed by atoms with Gasteiger partial charge in [0.15, 0.2) is 5.79 Å². The van der Waals surface area contributed by atoms with E-state index in [0.717, 1.165) is 6.92 Å². The van der Waals surface area contributed by atoms with Gasteiger partial charge in [-0.2, -0.15) is 0 Å². The second-order valence-electron chi connectivity index (χ2n) is 3.27. The molecule has 0 rings (SSSR count). The predicted molar refractivity (Wildman–Crippen MR) is 44.0 cm³/mol. The van der Waals surface area contributed by atoms with E-state index in [1.54, 1.807) is 0 Å². The molecular formula is C7H16O7. The third-order valence-corrected chi connectivity index (χ3v) is 1.81. The van der Waals surface area contributed by atoms with Crippen LogP contribution in [0.4, 0.5) is 0 Å². The van der Waals surface area contributed by atoms with Crippen LogP contribution in [0.1, 0.15) is 6.92 Å². The van der Waals surface area contributed by atoms with E-state index in [9.17, 15) is 0 Å². The van der Waals surface area contributed by atoms with Gasteiger partial charge >= 0.3 is 0 Å². The zero-order valence-electron chi connectivity index (χ0n) is 7.65. The average Bonchev–Trinajstić information content (AvgIpc) is 2.11. The van der Waals surface area contributed by atoms with Crippen LogP contribution in [-0.2, 0) is 0 Å². The van der Waals surface area contributed by atoms with Crippen molar-refractivity contribution >= 4 is 0 Å². The summed E-state index contributed by atoms with van der Waals surface area (Å²) in [5.74, 6) is -2.60. The summed E-state index contributed by atoms with van der Waals surface area (Å²) in [6.45, 7) is -0.0164. The van der Waals surface area contributed by atoms with Crippen molar-refractivity contribution < 1.29 is 35.7 Å². The molecule has 0 fully saturated rings. The molecule has 0 bridgehead atoms. The molecule has 0 aromatic carbocycles. The molecule has 0 aliphatic carbocycles. The number of aliphatic hydroxyl groups is 7. The smallest absolute Gasteiger partial charge is 0.189 e. The van der Waals surface area contributed by atoms with Crippen molar-refractivity contribution in [2.45, 2.75) is 37.1 Å². The fourth-order valence-corrected chi connectivity index (χ4v) is 0.846. The molecule has 0 spiro atoms. The summed E-state index contributed by atoms with van der Waals surface area (Å²) < 4.78 is 0. The molecule has 0 saturated carbocycles. The first-order valence-corrected chi connectivity index (χ1v) is 3.99. The molecule has 0 aromatic heterocycles. The van der Waals surface area contributed by atoms with Crippen LogP contribution in [0.2, 0.25) is 0 Å². The summed E-state index contributed by atoms with van der Waals surface area (Å²) >= 11 is 0. The van der Waals surface area contributed by atoms with Gasteiger partial charge in [-0.05, 0) is 6.92 Å². The van der Waals surface area contributed by atoms with Gasteiger partial charge in [-0.1, -0.05) is 0 Å². The van der Waals surface area contributed by atoms with Crippen LogP contribution in [0.25, 0.3) is 0 Å².